The molecule has 1 heterocycles. The number of fused-ring (bicyclic) bond motifs is 1. The van der Waals surface area contributed by atoms with Gasteiger partial charge < -0.3 is 4.79 Å². The molecule has 3 rings (SSSR count). The summed E-state index contributed by atoms with van der Waals surface area (Å²) in [5.74, 6) is 0.702. The predicted molar refractivity (Wildman–Crippen MR) is 56.5 cm³/mol. The van der Waals surface area contributed by atoms with Crippen molar-refractivity contribution >= 4 is 28.7 Å². The number of carbonyl (C=O) groups is 1. The number of hydrogen-bond acceptors (Lipinski definition) is 3. The summed E-state index contributed by atoms with van der Waals surface area (Å²) in [5.41, 5.74) is 2.36. The third kappa shape index (κ3) is 1.09. The average molecular weight is 203 g/mol. The second kappa shape index (κ2) is 2.89. The highest BCUT2D eigenvalue weighted by atomic mass is 32.1. The first-order chi connectivity index (χ1) is 6.90. The standard InChI is InChI=1S/C11H9NOS/c13-5-7-4-9(7)8-2-1-3-11-10(8)6-14-12-11/h1-3,5-7,9H,4H2. The van der Waals surface area contributed by atoms with Crippen molar-refractivity contribution in [3.05, 3.63) is 29.1 Å². The van der Waals surface area contributed by atoms with Crippen molar-refractivity contribution in [3.8, 4) is 0 Å². The fraction of sp³-hybridized carbons (Fsp3) is 0.273. The Kier molecular flexibility index (Phi) is 1.67. The number of carbonyl (C=O) groups excluding carboxylic acids is 1. The lowest BCUT2D eigenvalue weighted by molar-refractivity contribution is -0.108. The molecule has 2 aromatic rings. The van der Waals surface area contributed by atoms with E-state index in [2.05, 4.69) is 15.8 Å². The van der Waals surface area contributed by atoms with Crippen LogP contribution in [0.1, 0.15) is 17.9 Å². The molecule has 14 heavy (non-hydrogen) atoms. The van der Waals surface area contributed by atoms with Crippen LogP contribution >= 0.6 is 11.5 Å². The molecule has 0 bridgehead atoms. The van der Waals surface area contributed by atoms with Crippen LogP contribution in [-0.4, -0.2) is 10.7 Å². The van der Waals surface area contributed by atoms with Gasteiger partial charge in [-0.15, -0.1) is 0 Å². The van der Waals surface area contributed by atoms with E-state index in [1.165, 1.54) is 22.5 Å². The van der Waals surface area contributed by atoms with Crippen LogP contribution in [0.25, 0.3) is 10.9 Å². The molecule has 1 saturated carbocycles. The van der Waals surface area contributed by atoms with Crippen molar-refractivity contribution in [3.63, 3.8) is 0 Å². The molecule has 0 saturated heterocycles. The Morgan fingerprint density at radius 2 is 2.43 bits per heavy atom. The van der Waals surface area contributed by atoms with Crippen molar-refractivity contribution in [2.24, 2.45) is 5.92 Å². The molecule has 2 unspecified atom stereocenters. The van der Waals surface area contributed by atoms with E-state index in [0.29, 0.717) is 5.92 Å². The number of benzene rings is 1. The number of hydrogen-bond donors (Lipinski definition) is 0. The van der Waals surface area contributed by atoms with Crippen LogP contribution < -0.4 is 0 Å². The van der Waals surface area contributed by atoms with Gasteiger partial charge in [0.25, 0.3) is 0 Å². The molecule has 3 heteroatoms. The predicted octanol–water partition coefficient (Wildman–Crippen LogP) is 2.60. The molecule has 1 aliphatic carbocycles. The van der Waals surface area contributed by atoms with Gasteiger partial charge in [0, 0.05) is 16.7 Å². The smallest absolute Gasteiger partial charge is 0.123 e. The molecule has 0 radical (unpaired) electrons. The van der Waals surface area contributed by atoms with Gasteiger partial charge in [-0.3, -0.25) is 0 Å². The van der Waals surface area contributed by atoms with Crippen LogP contribution in [0.3, 0.4) is 0 Å². The zero-order valence-electron chi connectivity index (χ0n) is 7.51. The molecule has 0 aliphatic heterocycles. The third-order valence-electron chi connectivity index (χ3n) is 2.85. The highest BCUT2D eigenvalue weighted by molar-refractivity contribution is 7.04. The second-order valence-corrected chi connectivity index (χ2v) is 4.37. The van der Waals surface area contributed by atoms with Crippen molar-refractivity contribution in [2.75, 3.05) is 0 Å². The molecule has 1 aromatic heterocycles. The Morgan fingerprint density at radius 3 is 3.21 bits per heavy atom. The van der Waals surface area contributed by atoms with Crippen molar-refractivity contribution < 1.29 is 4.79 Å². The van der Waals surface area contributed by atoms with Gasteiger partial charge in [0.1, 0.15) is 6.29 Å². The number of aromatic nitrogens is 1. The Morgan fingerprint density at radius 1 is 1.50 bits per heavy atom. The molecule has 70 valence electrons. The highest BCUT2D eigenvalue weighted by Gasteiger charge is 2.38. The number of rotatable bonds is 2. The van der Waals surface area contributed by atoms with Gasteiger partial charge in [-0.25, -0.2) is 0 Å². The van der Waals surface area contributed by atoms with Gasteiger partial charge in [-0.05, 0) is 35.5 Å². The zero-order valence-corrected chi connectivity index (χ0v) is 8.33. The molecule has 0 amide bonds. The maximum Gasteiger partial charge on any atom is 0.123 e. The molecular formula is C11H9NOS. The van der Waals surface area contributed by atoms with Crippen LogP contribution in [0.2, 0.25) is 0 Å². The zero-order chi connectivity index (χ0) is 9.54. The summed E-state index contributed by atoms with van der Waals surface area (Å²) < 4.78 is 4.29. The van der Waals surface area contributed by atoms with Crippen molar-refractivity contribution in [2.45, 2.75) is 12.3 Å². The largest absolute Gasteiger partial charge is 0.303 e. The Labute approximate surface area is 85.7 Å². The van der Waals surface area contributed by atoms with Gasteiger partial charge in [-0.1, -0.05) is 12.1 Å². The first-order valence-corrected chi connectivity index (χ1v) is 5.52. The Balaban J connectivity index is 2.12. The first kappa shape index (κ1) is 8.12. The lowest BCUT2D eigenvalue weighted by Crippen LogP contribution is -1.85. The maximum absolute atomic E-state index is 10.6. The minimum atomic E-state index is 0.250. The van der Waals surface area contributed by atoms with Gasteiger partial charge in [-0.2, -0.15) is 4.37 Å². The average Bonchev–Trinajstić information content (AvgIpc) is 2.85. The van der Waals surface area contributed by atoms with Crippen LogP contribution in [0.5, 0.6) is 0 Å². The molecule has 1 aliphatic rings. The van der Waals surface area contributed by atoms with E-state index in [1.807, 2.05) is 12.1 Å². The topological polar surface area (TPSA) is 30.0 Å². The van der Waals surface area contributed by atoms with Gasteiger partial charge in [0.2, 0.25) is 0 Å². The number of nitrogens with zero attached hydrogens (tertiary/aromatic N) is 1. The Bertz CT molecular complexity index is 491. The second-order valence-electron chi connectivity index (χ2n) is 3.74. The van der Waals surface area contributed by atoms with Gasteiger partial charge in [0.05, 0.1) is 5.52 Å². The summed E-state index contributed by atoms with van der Waals surface area (Å²) in [7, 11) is 0. The van der Waals surface area contributed by atoms with Crippen molar-refractivity contribution in [1.82, 2.24) is 4.37 Å². The van der Waals surface area contributed by atoms with Crippen LogP contribution in [-0.2, 0) is 4.79 Å². The lowest BCUT2D eigenvalue weighted by atomic mass is 10.1. The SMILES string of the molecule is O=CC1CC1c1cccc2nscc12. The molecule has 1 fully saturated rings. The van der Waals surface area contributed by atoms with Crippen LogP contribution in [0, 0.1) is 5.92 Å². The minimum Gasteiger partial charge on any atom is -0.303 e. The van der Waals surface area contributed by atoms with Crippen LogP contribution in [0.15, 0.2) is 23.6 Å². The highest BCUT2D eigenvalue weighted by Crippen LogP contribution is 2.48. The molecule has 2 atom stereocenters. The normalized spacial score (nSPS) is 25.1. The summed E-state index contributed by atoms with van der Waals surface area (Å²) >= 11 is 1.48. The maximum atomic E-state index is 10.6. The summed E-state index contributed by atoms with van der Waals surface area (Å²) in [4.78, 5) is 10.6. The summed E-state index contributed by atoms with van der Waals surface area (Å²) in [6, 6.07) is 6.16. The van der Waals surface area contributed by atoms with E-state index < -0.39 is 0 Å². The van der Waals surface area contributed by atoms with Gasteiger partial charge >= 0.3 is 0 Å². The quantitative estimate of drug-likeness (QED) is 0.702. The van der Waals surface area contributed by atoms with Gasteiger partial charge in [0.15, 0.2) is 0 Å². The van der Waals surface area contributed by atoms with E-state index in [1.54, 1.807) is 0 Å². The molecular weight excluding hydrogens is 194 g/mol. The lowest BCUT2D eigenvalue weighted by Gasteiger charge is -1.98. The third-order valence-corrected chi connectivity index (χ3v) is 3.50. The monoisotopic (exact) mass is 203 g/mol. The minimum absolute atomic E-state index is 0.250. The van der Waals surface area contributed by atoms with E-state index in [-0.39, 0.29) is 5.92 Å². The summed E-state index contributed by atoms with van der Waals surface area (Å²) in [6.45, 7) is 0. The van der Waals surface area contributed by atoms with E-state index in [9.17, 15) is 4.79 Å². The molecule has 0 spiro atoms. The first-order valence-electron chi connectivity index (χ1n) is 4.68. The summed E-state index contributed by atoms with van der Waals surface area (Å²) in [6.07, 6.45) is 2.09. The Hall–Kier alpha value is -1.22. The van der Waals surface area contributed by atoms with E-state index in [0.717, 1.165) is 18.2 Å². The molecule has 2 nitrogen and oxygen atoms in total. The van der Waals surface area contributed by atoms with Crippen LogP contribution in [0.4, 0.5) is 0 Å². The van der Waals surface area contributed by atoms with E-state index >= 15 is 0 Å². The van der Waals surface area contributed by atoms with Crippen molar-refractivity contribution in [1.29, 1.82) is 0 Å². The molecule has 0 N–H and O–H groups in total. The number of aldehydes is 1. The fourth-order valence-corrected chi connectivity index (χ4v) is 2.65. The summed E-state index contributed by atoms with van der Waals surface area (Å²) in [5, 5.41) is 3.30. The fourth-order valence-electron chi connectivity index (χ4n) is 1.96. The van der Waals surface area contributed by atoms with E-state index in [4.69, 9.17) is 0 Å². The molecule has 1 aromatic carbocycles.